The van der Waals surface area contributed by atoms with Crippen molar-refractivity contribution in [3.05, 3.63) is 87.4 Å². The number of pyridine rings is 1. The van der Waals surface area contributed by atoms with E-state index in [9.17, 15) is 0 Å². The van der Waals surface area contributed by atoms with Crippen molar-refractivity contribution in [3.8, 4) is 22.9 Å². The Morgan fingerprint density at radius 1 is 1.06 bits per heavy atom. The Balaban J connectivity index is 1.53. The summed E-state index contributed by atoms with van der Waals surface area (Å²) in [4.78, 5) is 4.05. The smallest absolute Gasteiger partial charge is 0.214 e. The molecule has 0 spiro atoms. The molecule has 33 heavy (non-hydrogen) atoms. The van der Waals surface area contributed by atoms with E-state index in [2.05, 4.69) is 39.7 Å². The van der Waals surface area contributed by atoms with E-state index in [4.69, 9.17) is 33.3 Å². The fourth-order valence-electron chi connectivity index (χ4n) is 3.27. The number of aryl methyl sites for hydroxylation is 1. The van der Waals surface area contributed by atoms with E-state index in [-0.39, 0.29) is 0 Å². The Morgan fingerprint density at radius 2 is 1.82 bits per heavy atom. The molecule has 4 aromatic rings. The SMILES string of the molecule is CCOc1cc(CNn2c(-c3ccncc3)n[nH]c2=S)cc(Cl)c1OCc1ccc(C)cc1. The summed E-state index contributed by atoms with van der Waals surface area (Å²) in [5, 5.41) is 7.62. The van der Waals surface area contributed by atoms with Crippen LogP contribution in [0.15, 0.2) is 60.9 Å². The van der Waals surface area contributed by atoms with Crippen LogP contribution in [-0.4, -0.2) is 26.5 Å². The summed E-state index contributed by atoms with van der Waals surface area (Å²) >= 11 is 12.0. The van der Waals surface area contributed by atoms with Crippen molar-refractivity contribution in [1.82, 2.24) is 19.9 Å². The molecule has 0 radical (unpaired) electrons. The van der Waals surface area contributed by atoms with Crippen LogP contribution >= 0.6 is 23.8 Å². The minimum atomic E-state index is 0.400. The second kappa shape index (κ2) is 10.5. The van der Waals surface area contributed by atoms with Crippen LogP contribution < -0.4 is 14.9 Å². The zero-order chi connectivity index (χ0) is 23.2. The largest absolute Gasteiger partial charge is 0.490 e. The predicted molar refractivity (Wildman–Crippen MR) is 132 cm³/mol. The lowest BCUT2D eigenvalue weighted by Gasteiger charge is -2.16. The average molecular weight is 482 g/mol. The number of nitrogens with one attached hydrogen (secondary N) is 2. The quantitative estimate of drug-likeness (QED) is 0.299. The second-order valence-electron chi connectivity index (χ2n) is 7.37. The van der Waals surface area contributed by atoms with Gasteiger partial charge in [0, 0.05) is 18.0 Å². The molecular formula is C24H24ClN5O2S. The Labute approximate surface area is 202 Å². The number of H-pyrrole nitrogens is 1. The van der Waals surface area contributed by atoms with Crippen LogP contribution in [0.4, 0.5) is 0 Å². The summed E-state index contributed by atoms with van der Waals surface area (Å²) in [6, 6.07) is 15.7. The molecule has 9 heteroatoms. The maximum absolute atomic E-state index is 6.60. The highest BCUT2D eigenvalue weighted by Gasteiger charge is 2.14. The first-order valence-electron chi connectivity index (χ1n) is 10.5. The molecule has 2 heterocycles. The van der Waals surface area contributed by atoms with E-state index in [0.29, 0.717) is 46.9 Å². The van der Waals surface area contributed by atoms with Gasteiger partial charge in [-0.05, 0) is 61.5 Å². The number of aromatic amines is 1. The average Bonchev–Trinajstić information content (AvgIpc) is 3.19. The normalized spacial score (nSPS) is 10.8. The molecule has 2 aromatic heterocycles. The first-order chi connectivity index (χ1) is 16.0. The Bertz CT molecular complexity index is 1270. The van der Waals surface area contributed by atoms with Gasteiger partial charge in [0.1, 0.15) is 6.61 Å². The fourth-order valence-corrected chi connectivity index (χ4v) is 3.76. The lowest BCUT2D eigenvalue weighted by atomic mass is 10.1. The first-order valence-corrected chi connectivity index (χ1v) is 11.3. The maximum Gasteiger partial charge on any atom is 0.214 e. The van der Waals surface area contributed by atoms with Gasteiger partial charge in [-0.3, -0.25) is 4.98 Å². The molecule has 2 N–H and O–H groups in total. The second-order valence-corrected chi connectivity index (χ2v) is 8.16. The summed E-state index contributed by atoms with van der Waals surface area (Å²) in [6.45, 7) is 5.32. The van der Waals surface area contributed by atoms with E-state index in [1.807, 2.05) is 43.3 Å². The third-order valence-corrected chi connectivity index (χ3v) is 5.48. The zero-order valence-corrected chi connectivity index (χ0v) is 19.9. The minimum absolute atomic E-state index is 0.400. The van der Waals surface area contributed by atoms with Crippen LogP contribution in [0.25, 0.3) is 11.4 Å². The first kappa shape index (κ1) is 22.8. The molecule has 0 saturated heterocycles. The highest BCUT2D eigenvalue weighted by atomic mass is 35.5. The van der Waals surface area contributed by atoms with Crippen LogP contribution in [-0.2, 0) is 13.2 Å². The summed E-state index contributed by atoms with van der Waals surface area (Å²) in [5.74, 6) is 1.79. The summed E-state index contributed by atoms with van der Waals surface area (Å²) in [6.07, 6.45) is 3.42. The number of benzene rings is 2. The van der Waals surface area contributed by atoms with Gasteiger partial charge in [0.2, 0.25) is 4.77 Å². The van der Waals surface area contributed by atoms with Crippen molar-refractivity contribution < 1.29 is 9.47 Å². The van der Waals surface area contributed by atoms with Gasteiger partial charge in [-0.2, -0.15) is 5.10 Å². The fraction of sp³-hybridized carbons (Fsp3) is 0.208. The molecule has 0 fully saturated rings. The van der Waals surface area contributed by atoms with Crippen LogP contribution in [0, 0.1) is 11.7 Å². The lowest BCUT2D eigenvalue weighted by molar-refractivity contribution is 0.269. The Morgan fingerprint density at radius 3 is 2.55 bits per heavy atom. The summed E-state index contributed by atoms with van der Waals surface area (Å²) in [5.41, 5.74) is 7.36. The Kier molecular flexibility index (Phi) is 7.26. The van der Waals surface area contributed by atoms with E-state index >= 15 is 0 Å². The number of rotatable bonds is 9. The zero-order valence-electron chi connectivity index (χ0n) is 18.3. The minimum Gasteiger partial charge on any atom is -0.490 e. The predicted octanol–water partition coefficient (Wildman–Crippen LogP) is 5.69. The molecule has 0 aliphatic carbocycles. The van der Waals surface area contributed by atoms with E-state index < -0.39 is 0 Å². The number of ether oxygens (including phenoxy) is 2. The molecule has 0 aliphatic rings. The van der Waals surface area contributed by atoms with Gasteiger partial charge < -0.3 is 14.9 Å². The molecule has 0 atom stereocenters. The maximum atomic E-state index is 6.60. The van der Waals surface area contributed by atoms with E-state index in [1.165, 1.54) is 5.56 Å². The van der Waals surface area contributed by atoms with Gasteiger partial charge in [0.15, 0.2) is 17.3 Å². The van der Waals surface area contributed by atoms with Crippen LogP contribution in [0.5, 0.6) is 11.5 Å². The Hall–Kier alpha value is -3.36. The van der Waals surface area contributed by atoms with Crippen molar-refractivity contribution in [2.75, 3.05) is 12.0 Å². The number of halogens is 1. The molecule has 7 nitrogen and oxygen atoms in total. The third-order valence-electron chi connectivity index (χ3n) is 4.93. The highest BCUT2D eigenvalue weighted by molar-refractivity contribution is 7.71. The molecule has 0 amide bonds. The van der Waals surface area contributed by atoms with Gasteiger partial charge in [-0.15, -0.1) is 0 Å². The molecule has 0 bridgehead atoms. The van der Waals surface area contributed by atoms with Gasteiger partial charge in [-0.25, -0.2) is 9.77 Å². The third kappa shape index (κ3) is 5.53. The molecule has 170 valence electrons. The number of hydrogen-bond acceptors (Lipinski definition) is 6. The van der Waals surface area contributed by atoms with Gasteiger partial charge in [0.05, 0.1) is 18.2 Å². The van der Waals surface area contributed by atoms with Gasteiger partial charge in [0.25, 0.3) is 0 Å². The van der Waals surface area contributed by atoms with E-state index in [1.54, 1.807) is 17.1 Å². The topological polar surface area (TPSA) is 77.0 Å². The molecule has 0 aliphatic heterocycles. The highest BCUT2D eigenvalue weighted by Crippen LogP contribution is 2.37. The van der Waals surface area contributed by atoms with Crippen LogP contribution in [0.1, 0.15) is 23.6 Å². The summed E-state index contributed by atoms with van der Waals surface area (Å²) in [7, 11) is 0. The van der Waals surface area contributed by atoms with Crippen molar-refractivity contribution in [1.29, 1.82) is 0 Å². The molecule has 0 saturated carbocycles. The standard InChI is InChI=1S/C24H24ClN5O2S/c1-3-31-21-13-18(12-20(25)22(21)32-15-17-6-4-16(2)5-7-17)14-27-30-23(28-29-24(30)33)19-8-10-26-11-9-19/h4-13,27H,3,14-15H2,1-2H3,(H,29,33). The summed E-state index contributed by atoms with van der Waals surface area (Å²) < 4.78 is 14.0. The number of hydrogen-bond donors (Lipinski definition) is 2. The lowest BCUT2D eigenvalue weighted by Crippen LogP contribution is -2.16. The van der Waals surface area contributed by atoms with Gasteiger partial charge >= 0.3 is 0 Å². The van der Waals surface area contributed by atoms with Crippen LogP contribution in [0.2, 0.25) is 5.02 Å². The molecular weight excluding hydrogens is 458 g/mol. The molecule has 4 rings (SSSR count). The van der Waals surface area contributed by atoms with E-state index in [0.717, 1.165) is 16.7 Å². The molecule has 2 aromatic carbocycles. The van der Waals surface area contributed by atoms with Crippen LogP contribution in [0.3, 0.4) is 0 Å². The monoisotopic (exact) mass is 481 g/mol. The number of aromatic nitrogens is 4. The van der Waals surface area contributed by atoms with Crippen molar-refractivity contribution in [3.63, 3.8) is 0 Å². The van der Waals surface area contributed by atoms with Crippen molar-refractivity contribution >= 4 is 23.8 Å². The van der Waals surface area contributed by atoms with Crippen molar-refractivity contribution in [2.45, 2.75) is 27.0 Å². The molecule has 0 unspecified atom stereocenters. The number of nitrogens with zero attached hydrogens (tertiary/aromatic N) is 3. The van der Waals surface area contributed by atoms with Gasteiger partial charge in [-0.1, -0.05) is 41.4 Å². The van der Waals surface area contributed by atoms with Crippen molar-refractivity contribution in [2.24, 2.45) is 0 Å².